The van der Waals surface area contributed by atoms with Crippen LogP contribution in [-0.2, 0) is 14.3 Å². The van der Waals surface area contributed by atoms with Crippen molar-refractivity contribution < 1.29 is 33.3 Å². The highest BCUT2D eigenvalue weighted by Crippen LogP contribution is 2.33. The van der Waals surface area contributed by atoms with Crippen molar-refractivity contribution in [2.45, 2.75) is 117 Å². The molecule has 45 heavy (non-hydrogen) atoms. The van der Waals surface area contributed by atoms with Gasteiger partial charge in [0, 0.05) is 63.0 Å². The molecule has 2 aliphatic rings. The Kier molecular flexibility index (Phi) is 13.1. The van der Waals surface area contributed by atoms with Gasteiger partial charge in [0.25, 0.3) is 5.91 Å². The van der Waals surface area contributed by atoms with Crippen LogP contribution in [0, 0.1) is 0 Å². The topological polar surface area (TPSA) is 97.9 Å². The smallest absolute Gasteiger partial charge is 0.410 e. The lowest BCUT2D eigenvalue weighted by atomic mass is 9.93. The fourth-order valence-electron chi connectivity index (χ4n) is 5.84. The number of carbonyl (C=O) groups is 3. The lowest BCUT2D eigenvalue weighted by molar-refractivity contribution is -0.126. The molecule has 2 fully saturated rings. The minimum Gasteiger partial charge on any atom is -0.493 e. The van der Waals surface area contributed by atoms with Crippen LogP contribution < -0.4 is 9.47 Å². The van der Waals surface area contributed by atoms with Crippen molar-refractivity contribution in [3.8, 4) is 11.5 Å². The average molecular weight is 630 g/mol. The molecule has 1 heterocycles. The van der Waals surface area contributed by atoms with Crippen molar-refractivity contribution in [1.29, 1.82) is 0 Å². The Balaban J connectivity index is 1.82. The molecular formula is C35H55N3O7. The normalized spacial score (nSPS) is 18.3. The van der Waals surface area contributed by atoms with Crippen LogP contribution in [0.1, 0.15) is 97.3 Å². The van der Waals surface area contributed by atoms with Gasteiger partial charge in [-0.25, -0.2) is 4.79 Å². The molecule has 1 saturated heterocycles. The van der Waals surface area contributed by atoms with Crippen LogP contribution in [0.25, 0.3) is 0 Å². The van der Waals surface area contributed by atoms with Crippen molar-refractivity contribution in [3.63, 3.8) is 0 Å². The summed E-state index contributed by atoms with van der Waals surface area (Å²) in [6, 6.07) is 5.09. The van der Waals surface area contributed by atoms with E-state index in [-0.39, 0.29) is 36.0 Å². The molecule has 10 heteroatoms. The molecule has 1 aromatic carbocycles. The van der Waals surface area contributed by atoms with E-state index in [0.29, 0.717) is 62.6 Å². The first-order valence-electron chi connectivity index (χ1n) is 16.3. The molecule has 1 saturated carbocycles. The van der Waals surface area contributed by atoms with Crippen molar-refractivity contribution in [1.82, 2.24) is 14.7 Å². The maximum Gasteiger partial charge on any atom is 0.410 e. The number of amides is 3. The molecule has 0 unspecified atom stereocenters. The molecule has 0 N–H and O–H groups in total. The summed E-state index contributed by atoms with van der Waals surface area (Å²) in [6.07, 6.45) is 6.13. The Morgan fingerprint density at radius 2 is 1.69 bits per heavy atom. The van der Waals surface area contributed by atoms with E-state index in [1.54, 1.807) is 43.4 Å². The number of allylic oxidation sites excluding steroid dienone is 1. The molecule has 252 valence electrons. The van der Waals surface area contributed by atoms with Gasteiger partial charge in [-0.1, -0.05) is 5.57 Å². The van der Waals surface area contributed by atoms with Crippen molar-refractivity contribution >= 4 is 17.9 Å². The van der Waals surface area contributed by atoms with Crippen LogP contribution in [0.15, 0.2) is 29.8 Å². The number of piperidine rings is 1. The number of rotatable bonds is 14. The van der Waals surface area contributed by atoms with Gasteiger partial charge in [0.05, 0.1) is 19.8 Å². The molecule has 1 aliphatic heterocycles. The van der Waals surface area contributed by atoms with Gasteiger partial charge < -0.3 is 33.6 Å². The molecule has 0 spiro atoms. The zero-order chi connectivity index (χ0) is 33.3. The molecule has 1 aliphatic carbocycles. The van der Waals surface area contributed by atoms with E-state index >= 15 is 0 Å². The number of hydrogen-bond donors (Lipinski definition) is 0. The van der Waals surface area contributed by atoms with Gasteiger partial charge in [-0.3, -0.25) is 9.59 Å². The van der Waals surface area contributed by atoms with Gasteiger partial charge in [0.2, 0.25) is 5.91 Å². The van der Waals surface area contributed by atoms with Gasteiger partial charge >= 0.3 is 6.09 Å². The third-order valence-electron chi connectivity index (χ3n) is 8.04. The van der Waals surface area contributed by atoms with Crippen molar-refractivity contribution in [2.75, 3.05) is 40.5 Å². The fraction of sp³-hybridized carbons (Fsp3) is 0.686. The standard InChI is InChI=1S/C35H55N3O7/c1-24(2)21-32(39)36(27-12-13-27)18-17-28-14-15-29(23-37(28)34(41)45-35(5,6)7)38(25(3)4)33(40)26-11-16-30(43-9)31(22-26)44-20-10-19-42-8/h11,16,21-22,25,27-29H,10,12-15,17-20,23H2,1-9H3/t28-,29+/m0/s1. The number of hydrogen-bond acceptors (Lipinski definition) is 7. The summed E-state index contributed by atoms with van der Waals surface area (Å²) < 4.78 is 22.4. The zero-order valence-electron chi connectivity index (χ0n) is 28.9. The first-order chi connectivity index (χ1) is 21.2. The first kappa shape index (κ1) is 36.2. The highest BCUT2D eigenvalue weighted by Gasteiger charge is 2.40. The Morgan fingerprint density at radius 1 is 1.00 bits per heavy atom. The largest absolute Gasteiger partial charge is 0.493 e. The summed E-state index contributed by atoms with van der Waals surface area (Å²) in [5, 5.41) is 0. The second kappa shape index (κ2) is 16.3. The molecule has 3 amide bonds. The maximum atomic E-state index is 14.1. The second-order valence-corrected chi connectivity index (χ2v) is 13.7. The van der Waals surface area contributed by atoms with Crippen LogP contribution in [0.4, 0.5) is 4.79 Å². The summed E-state index contributed by atoms with van der Waals surface area (Å²) >= 11 is 0. The third-order valence-corrected chi connectivity index (χ3v) is 8.04. The van der Waals surface area contributed by atoms with Gasteiger partial charge in [-0.15, -0.1) is 0 Å². The molecule has 0 bridgehead atoms. The van der Waals surface area contributed by atoms with Crippen molar-refractivity contribution in [3.05, 3.63) is 35.4 Å². The number of ether oxygens (including phenoxy) is 4. The van der Waals surface area contributed by atoms with Gasteiger partial charge in [-0.2, -0.15) is 0 Å². The minimum atomic E-state index is -0.662. The lowest BCUT2D eigenvalue weighted by Gasteiger charge is -2.45. The van der Waals surface area contributed by atoms with E-state index < -0.39 is 11.7 Å². The van der Waals surface area contributed by atoms with Crippen LogP contribution in [0.2, 0.25) is 0 Å². The number of likely N-dealkylation sites (tertiary alicyclic amines) is 1. The second-order valence-electron chi connectivity index (χ2n) is 13.7. The number of benzene rings is 1. The van der Waals surface area contributed by atoms with Gasteiger partial charge in [0.1, 0.15) is 5.60 Å². The molecular weight excluding hydrogens is 574 g/mol. The Bertz CT molecular complexity index is 1180. The summed E-state index contributed by atoms with van der Waals surface area (Å²) in [5.41, 5.74) is 0.807. The lowest BCUT2D eigenvalue weighted by Crippen LogP contribution is -2.58. The maximum absolute atomic E-state index is 14.1. The Hall–Kier alpha value is -3.27. The molecule has 3 rings (SSSR count). The SMILES string of the molecule is COCCCOc1cc(C(=O)N(C(C)C)[C@@H]2CC[C@@H](CCN(C(=O)C=C(C)C)C3CC3)N(C(=O)OC(C)(C)C)C2)ccc1OC. The van der Waals surface area contributed by atoms with Crippen LogP contribution >= 0.6 is 0 Å². The van der Waals surface area contributed by atoms with E-state index in [2.05, 4.69) is 0 Å². The van der Waals surface area contributed by atoms with E-state index in [1.807, 2.05) is 58.3 Å². The highest BCUT2D eigenvalue weighted by molar-refractivity contribution is 5.95. The fourth-order valence-corrected chi connectivity index (χ4v) is 5.84. The quantitative estimate of drug-likeness (QED) is 0.182. The molecule has 10 nitrogen and oxygen atoms in total. The molecule has 0 radical (unpaired) electrons. The average Bonchev–Trinajstić information content (AvgIpc) is 3.79. The summed E-state index contributed by atoms with van der Waals surface area (Å²) in [4.78, 5) is 46.3. The van der Waals surface area contributed by atoms with E-state index in [9.17, 15) is 14.4 Å². The van der Waals surface area contributed by atoms with Gasteiger partial charge in [0.15, 0.2) is 11.5 Å². The summed E-state index contributed by atoms with van der Waals surface area (Å²) in [5.74, 6) is 0.965. The third kappa shape index (κ3) is 10.7. The number of methoxy groups -OCH3 is 2. The van der Waals surface area contributed by atoms with Crippen LogP contribution in [-0.4, -0.2) is 103 Å². The highest BCUT2D eigenvalue weighted by atomic mass is 16.6. The number of nitrogens with zero attached hydrogens (tertiary/aromatic N) is 3. The van der Waals surface area contributed by atoms with Crippen molar-refractivity contribution in [2.24, 2.45) is 0 Å². The predicted octanol–water partition coefficient (Wildman–Crippen LogP) is 6.08. The molecule has 1 aromatic rings. The predicted molar refractivity (Wildman–Crippen MR) is 175 cm³/mol. The molecule has 2 atom stereocenters. The first-order valence-corrected chi connectivity index (χ1v) is 16.3. The monoisotopic (exact) mass is 629 g/mol. The Labute approximate surface area is 270 Å². The van der Waals surface area contributed by atoms with Crippen LogP contribution in [0.5, 0.6) is 11.5 Å². The zero-order valence-corrected chi connectivity index (χ0v) is 28.9. The summed E-state index contributed by atoms with van der Waals surface area (Å²) in [6.45, 7) is 15.4. The van der Waals surface area contributed by atoms with E-state index in [1.165, 1.54) is 0 Å². The van der Waals surface area contributed by atoms with Gasteiger partial charge in [-0.05, 0) is 98.8 Å². The van der Waals surface area contributed by atoms with E-state index in [0.717, 1.165) is 24.8 Å². The summed E-state index contributed by atoms with van der Waals surface area (Å²) in [7, 11) is 3.22. The molecule has 0 aromatic heterocycles. The van der Waals surface area contributed by atoms with E-state index in [4.69, 9.17) is 18.9 Å². The number of carbonyl (C=O) groups excluding carboxylic acids is 3. The van der Waals surface area contributed by atoms with Crippen LogP contribution in [0.3, 0.4) is 0 Å². The Morgan fingerprint density at radius 3 is 2.27 bits per heavy atom. The minimum absolute atomic E-state index is 0.0353.